The van der Waals surface area contributed by atoms with E-state index in [4.69, 9.17) is 10.5 Å². The number of fused-ring (bicyclic) bond motifs is 1. The van der Waals surface area contributed by atoms with Crippen LogP contribution in [0.1, 0.15) is 30.1 Å². The highest BCUT2D eigenvalue weighted by Gasteiger charge is 2.39. The van der Waals surface area contributed by atoms with Gasteiger partial charge in [0.1, 0.15) is 11.9 Å². The first-order valence-corrected chi connectivity index (χ1v) is 11.0. The fourth-order valence-electron chi connectivity index (χ4n) is 4.69. The van der Waals surface area contributed by atoms with E-state index in [2.05, 4.69) is 61.4 Å². The van der Waals surface area contributed by atoms with Crippen LogP contribution >= 0.6 is 15.9 Å². The van der Waals surface area contributed by atoms with E-state index in [0.29, 0.717) is 6.04 Å². The molecule has 0 amide bonds. The summed E-state index contributed by atoms with van der Waals surface area (Å²) < 4.78 is 7.76. The quantitative estimate of drug-likeness (QED) is 0.618. The number of benzene rings is 2. The van der Waals surface area contributed by atoms with Gasteiger partial charge in [-0.15, -0.1) is 0 Å². The summed E-state index contributed by atoms with van der Waals surface area (Å²) in [7, 11) is 0. The molecule has 0 spiro atoms. The van der Waals surface area contributed by atoms with Gasteiger partial charge in [-0.1, -0.05) is 40.2 Å². The van der Waals surface area contributed by atoms with Gasteiger partial charge in [0.2, 0.25) is 0 Å². The van der Waals surface area contributed by atoms with Crippen LogP contribution in [0.4, 0.5) is 0 Å². The van der Waals surface area contributed by atoms with Crippen molar-refractivity contribution in [2.24, 2.45) is 5.73 Å². The first-order valence-electron chi connectivity index (χ1n) is 10.2. The lowest BCUT2D eigenvalue weighted by molar-refractivity contribution is 0.0596. The number of hydrogen-bond donors (Lipinski definition) is 2. The van der Waals surface area contributed by atoms with Crippen LogP contribution < -0.4 is 10.5 Å². The molecule has 0 radical (unpaired) electrons. The zero-order valence-corrected chi connectivity index (χ0v) is 17.8. The van der Waals surface area contributed by atoms with Gasteiger partial charge in [-0.3, -0.25) is 10.00 Å². The normalized spacial score (nSPS) is 24.4. The zero-order chi connectivity index (χ0) is 19.8. The van der Waals surface area contributed by atoms with Gasteiger partial charge in [0.25, 0.3) is 0 Å². The molecule has 3 atom stereocenters. The Kier molecular flexibility index (Phi) is 5.16. The lowest BCUT2D eigenvalue weighted by Crippen LogP contribution is -2.49. The molecular weight excluding hydrogens is 428 g/mol. The van der Waals surface area contributed by atoms with E-state index in [1.165, 1.54) is 11.1 Å². The molecule has 2 aromatic carbocycles. The highest BCUT2D eigenvalue weighted by Crippen LogP contribution is 2.41. The lowest BCUT2D eigenvalue weighted by Gasteiger charge is -2.38. The summed E-state index contributed by atoms with van der Waals surface area (Å²) in [6.45, 7) is 2.02. The third kappa shape index (κ3) is 3.72. The standard InChI is InChI=1S/C23H25BrN4O/c24-16-7-8-22(19(13-16)20-9-10-26-27-20)29-23-18-6-2-1-4-15(18)12-21(23)28-11-3-5-17(25)14-28/h1-2,4,6-10,13,17,21,23H,3,5,11-12,14,25H2,(H,26,27)/t17-,21-,23-/m1/s1. The smallest absolute Gasteiger partial charge is 0.140 e. The second kappa shape index (κ2) is 7.94. The first-order chi connectivity index (χ1) is 14.2. The maximum Gasteiger partial charge on any atom is 0.140 e. The number of aromatic nitrogens is 2. The van der Waals surface area contributed by atoms with Crippen molar-refractivity contribution in [3.05, 3.63) is 70.3 Å². The van der Waals surface area contributed by atoms with Crippen molar-refractivity contribution in [1.29, 1.82) is 0 Å². The maximum absolute atomic E-state index is 6.76. The second-order valence-corrected chi connectivity index (χ2v) is 8.92. The largest absolute Gasteiger partial charge is 0.483 e. The fraction of sp³-hybridized carbons (Fsp3) is 0.348. The van der Waals surface area contributed by atoms with Crippen LogP contribution in [0.5, 0.6) is 5.75 Å². The number of aromatic amines is 1. The molecule has 1 aromatic heterocycles. The maximum atomic E-state index is 6.76. The number of rotatable bonds is 4. The number of nitrogens with two attached hydrogens (primary N) is 1. The minimum absolute atomic E-state index is 0.0182. The minimum atomic E-state index is -0.0182. The molecule has 150 valence electrons. The summed E-state index contributed by atoms with van der Waals surface area (Å²) in [4.78, 5) is 2.53. The third-order valence-electron chi connectivity index (χ3n) is 6.07. The molecule has 5 nitrogen and oxygen atoms in total. The van der Waals surface area contributed by atoms with Gasteiger partial charge < -0.3 is 10.5 Å². The topological polar surface area (TPSA) is 67.2 Å². The Morgan fingerprint density at radius 3 is 2.90 bits per heavy atom. The Morgan fingerprint density at radius 2 is 2.07 bits per heavy atom. The summed E-state index contributed by atoms with van der Waals surface area (Å²) in [5, 5.41) is 7.28. The molecule has 1 saturated heterocycles. The number of H-pyrrole nitrogens is 1. The molecule has 0 bridgehead atoms. The van der Waals surface area contributed by atoms with Gasteiger partial charge in [-0.2, -0.15) is 5.10 Å². The molecule has 2 heterocycles. The first kappa shape index (κ1) is 18.9. The van der Waals surface area contributed by atoms with E-state index in [-0.39, 0.29) is 12.1 Å². The van der Waals surface area contributed by atoms with Crippen molar-refractivity contribution in [2.45, 2.75) is 37.5 Å². The number of likely N-dealkylation sites (tertiary alicyclic amines) is 1. The lowest BCUT2D eigenvalue weighted by atomic mass is 10.0. The number of nitrogens with zero attached hydrogens (tertiary/aromatic N) is 2. The Hall–Kier alpha value is -2.15. The molecule has 1 aliphatic carbocycles. The molecule has 3 aromatic rings. The third-order valence-corrected chi connectivity index (χ3v) is 6.56. The van der Waals surface area contributed by atoms with Crippen molar-refractivity contribution in [3.63, 3.8) is 0 Å². The highest BCUT2D eigenvalue weighted by atomic mass is 79.9. The van der Waals surface area contributed by atoms with Gasteiger partial charge in [0, 0.05) is 28.8 Å². The Morgan fingerprint density at radius 1 is 1.17 bits per heavy atom. The van der Waals surface area contributed by atoms with Crippen LogP contribution in [0.2, 0.25) is 0 Å². The monoisotopic (exact) mass is 452 g/mol. The Labute approximate surface area is 179 Å². The molecular formula is C23H25BrN4O. The number of hydrogen-bond acceptors (Lipinski definition) is 4. The highest BCUT2D eigenvalue weighted by molar-refractivity contribution is 9.10. The van der Waals surface area contributed by atoms with Gasteiger partial charge in [-0.25, -0.2) is 0 Å². The predicted octanol–water partition coefficient (Wildman–Crippen LogP) is 4.31. The van der Waals surface area contributed by atoms with Crippen molar-refractivity contribution >= 4 is 15.9 Å². The SMILES string of the molecule is N[C@@H]1CCCN([C@@H]2Cc3ccccc3[C@H]2Oc2ccc(Br)cc2-c2cc[nH]n2)C1. The van der Waals surface area contributed by atoms with E-state index in [0.717, 1.165) is 53.8 Å². The van der Waals surface area contributed by atoms with E-state index < -0.39 is 0 Å². The van der Waals surface area contributed by atoms with Crippen molar-refractivity contribution in [1.82, 2.24) is 15.1 Å². The summed E-state index contributed by atoms with van der Waals surface area (Å²) in [6.07, 6.45) is 5.08. The Balaban J connectivity index is 1.51. The van der Waals surface area contributed by atoms with Crippen LogP contribution in [0.25, 0.3) is 11.3 Å². The number of ether oxygens (including phenoxy) is 1. The fourth-order valence-corrected chi connectivity index (χ4v) is 5.05. The number of piperidine rings is 1. The van der Waals surface area contributed by atoms with Gasteiger partial charge >= 0.3 is 0 Å². The van der Waals surface area contributed by atoms with Crippen LogP contribution in [0.15, 0.2) is 59.2 Å². The van der Waals surface area contributed by atoms with E-state index in [1.807, 2.05) is 24.4 Å². The van der Waals surface area contributed by atoms with E-state index >= 15 is 0 Å². The molecule has 1 aliphatic heterocycles. The summed E-state index contributed by atoms with van der Waals surface area (Å²) >= 11 is 3.59. The van der Waals surface area contributed by atoms with Crippen molar-refractivity contribution in [3.8, 4) is 17.0 Å². The van der Waals surface area contributed by atoms with Gasteiger partial charge in [-0.05, 0) is 61.2 Å². The predicted molar refractivity (Wildman–Crippen MR) is 118 cm³/mol. The molecule has 6 heteroatoms. The molecule has 5 rings (SSSR count). The summed E-state index contributed by atoms with van der Waals surface area (Å²) in [5.74, 6) is 0.855. The molecule has 2 aliphatic rings. The molecule has 29 heavy (non-hydrogen) atoms. The molecule has 3 N–H and O–H groups in total. The molecule has 0 saturated carbocycles. The zero-order valence-electron chi connectivity index (χ0n) is 16.2. The Bertz CT molecular complexity index is 990. The number of nitrogens with one attached hydrogen (secondary N) is 1. The van der Waals surface area contributed by atoms with Crippen molar-refractivity contribution in [2.75, 3.05) is 13.1 Å². The molecule has 1 fully saturated rings. The second-order valence-electron chi connectivity index (χ2n) is 8.01. The average molecular weight is 453 g/mol. The number of halogens is 1. The van der Waals surface area contributed by atoms with Gasteiger partial charge in [0.15, 0.2) is 0 Å². The van der Waals surface area contributed by atoms with Crippen LogP contribution in [-0.4, -0.2) is 40.3 Å². The van der Waals surface area contributed by atoms with Gasteiger partial charge in [0.05, 0.1) is 11.7 Å². The van der Waals surface area contributed by atoms with Crippen LogP contribution in [-0.2, 0) is 6.42 Å². The summed E-state index contributed by atoms with van der Waals surface area (Å²) in [5.41, 5.74) is 10.8. The van der Waals surface area contributed by atoms with E-state index in [9.17, 15) is 0 Å². The van der Waals surface area contributed by atoms with Crippen molar-refractivity contribution < 1.29 is 4.74 Å². The van der Waals surface area contributed by atoms with Crippen LogP contribution in [0.3, 0.4) is 0 Å². The molecule has 0 unspecified atom stereocenters. The minimum Gasteiger partial charge on any atom is -0.483 e. The average Bonchev–Trinajstić information content (AvgIpc) is 3.38. The van der Waals surface area contributed by atoms with Crippen LogP contribution in [0, 0.1) is 0 Å². The summed E-state index contributed by atoms with van der Waals surface area (Å²) in [6, 6.07) is 17.3. The van der Waals surface area contributed by atoms with E-state index in [1.54, 1.807) is 0 Å².